The number of rotatable bonds is 2. The minimum Gasteiger partial charge on any atom is -0.339 e. The summed E-state index contributed by atoms with van der Waals surface area (Å²) in [7, 11) is 0. The first-order valence-electron chi connectivity index (χ1n) is 9.78. The van der Waals surface area contributed by atoms with Crippen molar-refractivity contribution in [1.29, 1.82) is 0 Å². The summed E-state index contributed by atoms with van der Waals surface area (Å²) in [6.07, 6.45) is 3.50. The van der Waals surface area contributed by atoms with Gasteiger partial charge in [-0.2, -0.15) is 0 Å². The van der Waals surface area contributed by atoms with Gasteiger partial charge in [0.25, 0.3) is 11.5 Å². The fourth-order valence-corrected chi connectivity index (χ4v) is 4.27. The summed E-state index contributed by atoms with van der Waals surface area (Å²) in [5.41, 5.74) is 2.92. The van der Waals surface area contributed by atoms with Gasteiger partial charge in [0.15, 0.2) is 0 Å². The molecule has 29 heavy (non-hydrogen) atoms. The number of nitrogens with one attached hydrogen (secondary N) is 1. The van der Waals surface area contributed by atoms with E-state index in [-0.39, 0.29) is 17.3 Å². The molecule has 2 aromatic heterocycles. The average molecular weight is 389 g/mol. The monoisotopic (exact) mass is 389 g/mol. The van der Waals surface area contributed by atoms with Crippen LogP contribution in [0.25, 0.3) is 16.6 Å². The van der Waals surface area contributed by atoms with E-state index in [0.717, 1.165) is 23.9 Å². The molecule has 5 nitrogen and oxygen atoms in total. The van der Waals surface area contributed by atoms with Gasteiger partial charge in [-0.05, 0) is 54.7 Å². The SMILES string of the molecule is O=C(c1cc2[nH]c(=O)c3ccccc3n2c1)N1CCC(c2ccc(F)cc2)CC1. The number of benzene rings is 2. The summed E-state index contributed by atoms with van der Waals surface area (Å²) in [6, 6.07) is 15.7. The van der Waals surface area contributed by atoms with Crippen LogP contribution >= 0.6 is 0 Å². The van der Waals surface area contributed by atoms with Gasteiger partial charge in [-0.25, -0.2) is 4.39 Å². The smallest absolute Gasteiger partial charge is 0.258 e. The molecule has 3 heterocycles. The van der Waals surface area contributed by atoms with Crippen LogP contribution < -0.4 is 5.56 Å². The lowest BCUT2D eigenvalue weighted by molar-refractivity contribution is 0.0713. The lowest BCUT2D eigenvalue weighted by Crippen LogP contribution is -2.37. The van der Waals surface area contributed by atoms with Crippen LogP contribution in [0.2, 0.25) is 0 Å². The molecular formula is C23H20FN3O2. The van der Waals surface area contributed by atoms with Gasteiger partial charge < -0.3 is 14.3 Å². The van der Waals surface area contributed by atoms with Crippen LogP contribution in [0.3, 0.4) is 0 Å². The van der Waals surface area contributed by atoms with E-state index < -0.39 is 0 Å². The molecule has 0 unspecified atom stereocenters. The fourth-order valence-electron chi connectivity index (χ4n) is 4.27. The molecule has 1 aliphatic rings. The van der Waals surface area contributed by atoms with Gasteiger partial charge in [-0.1, -0.05) is 24.3 Å². The van der Waals surface area contributed by atoms with E-state index in [4.69, 9.17) is 0 Å². The summed E-state index contributed by atoms with van der Waals surface area (Å²) in [4.78, 5) is 30.0. The van der Waals surface area contributed by atoms with Crippen LogP contribution in [-0.4, -0.2) is 33.3 Å². The Labute approximate surface area is 166 Å². The highest BCUT2D eigenvalue weighted by Gasteiger charge is 2.25. The minimum atomic E-state index is -0.229. The number of carbonyl (C=O) groups is 1. The predicted molar refractivity (Wildman–Crippen MR) is 110 cm³/mol. The zero-order valence-corrected chi connectivity index (χ0v) is 15.8. The van der Waals surface area contributed by atoms with Gasteiger partial charge in [0.05, 0.1) is 16.5 Å². The Morgan fingerprint density at radius 1 is 1.03 bits per heavy atom. The maximum Gasteiger partial charge on any atom is 0.258 e. The number of H-pyrrole nitrogens is 1. The van der Waals surface area contributed by atoms with E-state index in [2.05, 4.69) is 4.98 Å². The molecule has 0 bridgehead atoms. The Morgan fingerprint density at radius 3 is 2.52 bits per heavy atom. The molecule has 0 radical (unpaired) electrons. The average Bonchev–Trinajstić information content (AvgIpc) is 3.18. The van der Waals surface area contributed by atoms with Crippen molar-refractivity contribution in [3.05, 3.63) is 88.1 Å². The fraction of sp³-hybridized carbons (Fsp3) is 0.217. The largest absolute Gasteiger partial charge is 0.339 e. The van der Waals surface area contributed by atoms with Crippen molar-refractivity contribution in [3.63, 3.8) is 0 Å². The molecular weight excluding hydrogens is 369 g/mol. The molecule has 1 saturated heterocycles. The number of para-hydroxylation sites is 1. The van der Waals surface area contributed by atoms with Crippen LogP contribution in [-0.2, 0) is 0 Å². The van der Waals surface area contributed by atoms with Gasteiger partial charge in [0.1, 0.15) is 11.5 Å². The number of halogens is 1. The standard InChI is InChI=1S/C23H20FN3O2/c24-18-7-5-15(6-8-18)16-9-11-26(12-10-16)23(29)17-13-21-25-22(28)19-3-1-2-4-20(19)27(21)14-17/h1-8,13-14,16H,9-12H2,(H,25,28). The highest BCUT2D eigenvalue weighted by Crippen LogP contribution is 2.29. The number of piperidine rings is 1. The van der Waals surface area contributed by atoms with Gasteiger partial charge in [0, 0.05) is 19.3 Å². The highest BCUT2D eigenvalue weighted by molar-refractivity contribution is 5.96. The van der Waals surface area contributed by atoms with Gasteiger partial charge in [-0.3, -0.25) is 9.59 Å². The van der Waals surface area contributed by atoms with E-state index in [1.807, 2.05) is 39.6 Å². The number of hydrogen-bond acceptors (Lipinski definition) is 2. The molecule has 0 atom stereocenters. The topological polar surface area (TPSA) is 57.6 Å². The number of nitrogens with zero attached hydrogens (tertiary/aromatic N) is 2. The number of fused-ring (bicyclic) bond motifs is 3. The third-order valence-electron chi connectivity index (χ3n) is 5.84. The number of likely N-dealkylation sites (tertiary alicyclic amines) is 1. The molecule has 5 rings (SSSR count). The lowest BCUT2D eigenvalue weighted by atomic mass is 9.89. The third kappa shape index (κ3) is 3.10. The number of amides is 1. The Morgan fingerprint density at radius 2 is 1.76 bits per heavy atom. The quantitative estimate of drug-likeness (QED) is 0.565. The Bertz CT molecular complexity index is 1270. The number of aromatic nitrogens is 2. The van der Waals surface area contributed by atoms with E-state index in [1.54, 1.807) is 18.3 Å². The molecule has 1 fully saturated rings. The maximum absolute atomic E-state index is 13.1. The Balaban J connectivity index is 1.38. The second kappa shape index (κ2) is 6.88. The summed E-state index contributed by atoms with van der Waals surface area (Å²) in [5, 5.41) is 0.592. The first-order chi connectivity index (χ1) is 14.1. The zero-order chi connectivity index (χ0) is 20.0. The van der Waals surface area contributed by atoms with Crippen molar-refractivity contribution < 1.29 is 9.18 Å². The van der Waals surface area contributed by atoms with E-state index in [1.165, 1.54) is 12.1 Å². The molecule has 6 heteroatoms. The second-order valence-electron chi connectivity index (χ2n) is 7.57. The first kappa shape index (κ1) is 17.7. The number of hydrogen-bond donors (Lipinski definition) is 1. The molecule has 1 aliphatic heterocycles. The van der Waals surface area contributed by atoms with Crippen LogP contribution in [0.4, 0.5) is 4.39 Å². The zero-order valence-electron chi connectivity index (χ0n) is 15.8. The minimum absolute atomic E-state index is 0.0313. The van der Waals surface area contributed by atoms with E-state index in [0.29, 0.717) is 35.6 Å². The highest BCUT2D eigenvalue weighted by atomic mass is 19.1. The summed E-state index contributed by atoms with van der Waals surface area (Å²) >= 11 is 0. The Hall–Kier alpha value is -3.41. The normalized spacial score (nSPS) is 15.3. The summed E-state index contributed by atoms with van der Waals surface area (Å²) in [6.45, 7) is 1.31. The van der Waals surface area contributed by atoms with Crippen molar-refractivity contribution in [2.75, 3.05) is 13.1 Å². The van der Waals surface area contributed by atoms with Crippen LogP contribution in [0, 0.1) is 5.82 Å². The van der Waals surface area contributed by atoms with Crippen molar-refractivity contribution >= 4 is 22.5 Å². The van der Waals surface area contributed by atoms with Crippen molar-refractivity contribution in [2.45, 2.75) is 18.8 Å². The summed E-state index contributed by atoms with van der Waals surface area (Å²) in [5.74, 6) is 0.0805. The number of aromatic amines is 1. The predicted octanol–water partition coefficient (Wildman–Crippen LogP) is 3.94. The Kier molecular flexibility index (Phi) is 4.19. The van der Waals surface area contributed by atoms with Crippen LogP contribution in [0.1, 0.15) is 34.7 Å². The molecule has 4 aromatic rings. The molecule has 0 aliphatic carbocycles. The maximum atomic E-state index is 13.1. The molecule has 1 N–H and O–H groups in total. The molecule has 146 valence electrons. The van der Waals surface area contributed by atoms with Crippen molar-refractivity contribution in [1.82, 2.24) is 14.3 Å². The number of carbonyl (C=O) groups excluding carboxylic acids is 1. The van der Waals surface area contributed by atoms with E-state index >= 15 is 0 Å². The second-order valence-corrected chi connectivity index (χ2v) is 7.57. The molecule has 1 amide bonds. The third-order valence-corrected chi connectivity index (χ3v) is 5.84. The van der Waals surface area contributed by atoms with Crippen LogP contribution in [0.5, 0.6) is 0 Å². The van der Waals surface area contributed by atoms with Crippen molar-refractivity contribution in [3.8, 4) is 0 Å². The molecule has 0 spiro atoms. The van der Waals surface area contributed by atoms with Gasteiger partial charge >= 0.3 is 0 Å². The summed E-state index contributed by atoms with van der Waals surface area (Å²) < 4.78 is 15.0. The van der Waals surface area contributed by atoms with Gasteiger partial charge in [-0.15, -0.1) is 0 Å². The molecule has 2 aromatic carbocycles. The lowest BCUT2D eigenvalue weighted by Gasteiger charge is -2.32. The van der Waals surface area contributed by atoms with E-state index in [9.17, 15) is 14.0 Å². The first-order valence-corrected chi connectivity index (χ1v) is 9.78. The van der Waals surface area contributed by atoms with Gasteiger partial charge in [0.2, 0.25) is 0 Å². The van der Waals surface area contributed by atoms with Crippen LogP contribution in [0.15, 0.2) is 65.6 Å². The molecule has 0 saturated carbocycles. The van der Waals surface area contributed by atoms with Crippen molar-refractivity contribution in [2.24, 2.45) is 0 Å².